The standard InChI is InChI=1S/C17H20N2O2/c1-12(2)19(15-7-5-13(3)6-8-15)17(21)14-9-10-18(4)16(20)11-14/h5-12H,1-4H3. The molecule has 0 aliphatic heterocycles. The molecule has 0 unspecified atom stereocenters. The Bertz CT molecular complexity index is 699. The molecule has 1 heterocycles. The molecular weight excluding hydrogens is 264 g/mol. The van der Waals surface area contributed by atoms with Crippen LogP contribution in [0.15, 0.2) is 47.4 Å². The van der Waals surface area contributed by atoms with Crippen LogP contribution in [0.1, 0.15) is 29.8 Å². The topological polar surface area (TPSA) is 42.3 Å². The number of carbonyl (C=O) groups is 1. The van der Waals surface area contributed by atoms with Crippen LogP contribution >= 0.6 is 0 Å². The Kier molecular flexibility index (Phi) is 4.26. The predicted octanol–water partition coefficient (Wildman–Crippen LogP) is 2.75. The Hall–Kier alpha value is -2.36. The Morgan fingerprint density at radius 1 is 1.14 bits per heavy atom. The van der Waals surface area contributed by atoms with E-state index in [4.69, 9.17) is 0 Å². The average molecular weight is 284 g/mol. The third kappa shape index (κ3) is 3.21. The number of anilines is 1. The van der Waals surface area contributed by atoms with E-state index in [-0.39, 0.29) is 17.5 Å². The summed E-state index contributed by atoms with van der Waals surface area (Å²) in [4.78, 5) is 26.1. The molecule has 0 spiro atoms. The molecule has 0 bridgehead atoms. The van der Waals surface area contributed by atoms with Crippen molar-refractivity contribution in [3.63, 3.8) is 0 Å². The van der Waals surface area contributed by atoms with E-state index >= 15 is 0 Å². The highest BCUT2D eigenvalue weighted by molar-refractivity contribution is 6.06. The summed E-state index contributed by atoms with van der Waals surface area (Å²) in [6.45, 7) is 5.92. The van der Waals surface area contributed by atoms with E-state index in [0.717, 1.165) is 11.3 Å². The molecule has 0 aliphatic rings. The lowest BCUT2D eigenvalue weighted by Gasteiger charge is -2.27. The Morgan fingerprint density at radius 2 is 1.76 bits per heavy atom. The lowest BCUT2D eigenvalue weighted by atomic mass is 10.1. The number of carbonyl (C=O) groups excluding carboxylic acids is 1. The van der Waals surface area contributed by atoms with E-state index in [1.807, 2.05) is 45.0 Å². The summed E-state index contributed by atoms with van der Waals surface area (Å²) in [6.07, 6.45) is 1.61. The molecule has 0 aliphatic carbocycles. The fourth-order valence-electron chi connectivity index (χ4n) is 2.18. The first-order chi connectivity index (χ1) is 9.90. The maximum atomic E-state index is 12.7. The number of hydrogen-bond donors (Lipinski definition) is 0. The van der Waals surface area contributed by atoms with E-state index in [9.17, 15) is 9.59 Å². The van der Waals surface area contributed by atoms with Crippen molar-refractivity contribution < 1.29 is 4.79 Å². The zero-order valence-electron chi connectivity index (χ0n) is 12.8. The summed E-state index contributed by atoms with van der Waals surface area (Å²) >= 11 is 0. The van der Waals surface area contributed by atoms with Gasteiger partial charge in [0.1, 0.15) is 0 Å². The van der Waals surface area contributed by atoms with Gasteiger partial charge < -0.3 is 9.47 Å². The molecular formula is C17H20N2O2. The molecule has 1 aromatic heterocycles. The van der Waals surface area contributed by atoms with Gasteiger partial charge in [0.2, 0.25) is 0 Å². The molecule has 0 N–H and O–H groups in total. The first-order valence-electron chi connectivity index (χ1n) is 6.97. The van der Waals surface area contributed by atoms with Crippen molar-refractivity contribution in [2.45, 2.75) is 26.8 Å². The second-order valence-electron chi connectivity index (χ2n) is 5.47. The summed E-state index contributed by atoms with van der Waals surface area (Å²) in [5.41, 5.74) is 2.20. The number of nitrogens with zero attached hydrogens (tertiary/aromatic N) is 2. The van der Waals surface area contributed by atoms with E-state index in [0.29, 0.717) is 5.56 Å². The predicted molar refractivity (Wildman–Crippen MR) is 84.8 cm³/mol. The third-order valence-electron chi connectivity index (χ3n) is 3.40. The highest BCUT2D eigenvalue weighted by Gasteiger charge is 2.21. The van der Waals surface area contributed by atoms with Gasteiger partial charge in [0.05, 0.1) is 0 Å². The zero-order chi connectivity index (χ0) is 15.6. The minimum Gasteiger partial charge on any atom is -0.319 e. The van der Waals surface area contributed by atoms with Crippen molar-refractivity contribution in [1.29, 1.82) is 0 Å². The molecule has 21 heavy (non-hydrogen) atoms. The molecule has 0 fully saturated rings. The summed E-state index contributed by atoms with van der Waals surface area (Å²) in [5, 5.41) is 0. The van der Waals surface area contributed by atoms with Crippen LogP contribution < -0.4 is 10.5 Å². The van der Waals surface area contributed by atoms with Crippen molar-refractivity contribution in [2.24, 2.45) is 7.05 Å². The number of amides is 1. The highest BCUT2D eigenvalue weighted by Crippen LogP contribution is 2.20. The number of rotatable bonds is 3. The fraction of sp³-hybridized carbons (Fsp3) is 0.294. The highest BCUT2D eigenvalue weighted by atomic mass is 16.2. The lowest BCUT2D eigenvalue weighted by molar-refractivity contribution is 0.0980. The zero-order valence-corrected chi connectivity index (χ0v) is 12.8. The number of benzene rings is 1. The number of aromatic nitrogens is 1. The van der Waals surface area contributed by atoms with Crippen molar-refractivity contribution in [3.8, 4) is 0 Å². The third-order valence-corrected chi connectivity index (χ3v) is 3.40. The minimum absolute atomic E-state index is 0.00395. The molecule has 0 saturated carbocycles. The van der Waals surface area contributed by atoms with Crippen LogP contribution in [0.2, 0.25) is 0 Å². The van der Waals surface area contributed by atoms with E-state index in [2.05, 4.69) is 0 Å². The van der Waals surface area contributed by atoms with E-state index in [1.165, 1.54) is 10.6 Å². The smallest absolute Gasteiger partial charge is 0.258 e. The first kappa shape index (κ1) is 15.0. The molecule has 0 atom stereocenters. The second-order valence-corrected chi connectivity index (χ2v) is 5.47. The molecule has 1 amide bonds. The average Bonchev–Trinajstić information content (AvgIpc) is 2.43. The van der Waals surface area contributed by atoms with Gasteiger partial charge in [0.25, 0.3) is 11.5 Å². The second kappa shape index (κ2) is 5.95. The largest absolute Gasteiger partial charge is 0.319 e. The molecule has 2 rings (SSSR count). The maximum absolute atomic E-state index is 12.7. The lowest BCUT2D eigenvalue weighted by Crippen LogP contribution is -2.37. The summed E-state index contributed by atoms with van der Waals surface area (Å²) in [7, 11) is 1.66. The normalized spacial score (nSPS) is 10.7. The van der Waals surface area contributed by atoms with Crippen LogP contribution in [0, 0.1) is 6.92 Å². The molecule has 4 nitrogen and oxygen atoms in total. The Balaban J connectivity index is 2.42. The monoisotopic (exact) mass is 284 g/mol. The van der Waals surface area contributed by atoms with Crippen molar-refractivity contribution in [3.05, 3.63) is 64.1 Å². The van der Waals surface area contributed by atoms with E-state index < -0.39 is 0 Å². The SMILES string of the molecule is Cc1ccc(N(C(=O)c2ccn(C)c(=O)c2)C(C)C)cc1. The first-order valence-corrected chi connectivity index (χ1v) is 6.97. The molecule has 0 saturated heterocycles. The van der Waals surface area contributed by atoms with Crippen molar-refractivity contribution >= 4 is 11.6 Å². The van der Waals surface area contributed by atoms with Gasteiger partial charge in [0, 0.05) is 36.6 Å². The minimum atomic E-state index is -0.187. The van der Waals surface area contributed by atoms with Gasteiger partial charge in [-0.15, -0.1) is 0 Å². The van der Waals surface area contributed by atoms with Gasteiger partial charge in [-0.3, -0.25) is 9.59 Å². The number of aryl methyl sites for hydroxylation is 2. The van der Waals surface area contributed by atoms with Crippen LogP contribution in [0.4, 0.5) is 5.69 Å². The molecule has 1 aromatic carbocycles. The van der Waals surface area contributed by atoms with Crippen LogP contribution in [0.25, 0.3) is 0 Å². The van der Waals surface area contributed by atoms with Gasteiger partial charge in [-0.2, -0.15) is 0 Å². The molecule has 4 heteroatoms. The van der Waals surface area contributed by atoms with Crippen LogP contribution in [0.5, 0.6) is 0 Å². The van der Waals surface area contributed by atoms with Gasteiger partial charge in [-0.25, -0.2) is 0 Å². The molecule has 110 valence electrons. The van der Waals surface area contributed by atoms with Gasteiger partial charge >= 0.3 is 0 Å². The molecule has 2 aromatic rings. The van der Waals surface area contributed by atoms with Crippen molar-refractivity contribution in [1.82, 2.24) is 4.57 Å². The van der Waals surface area contributed by atoms with Gasteiger partial charge in [-0.05, 0) is 39.0 Å². The van der Waals surface area contributed by atoms with Crippen LogP contribution in [-0.4, -0.2) is 16.5 Å². The summed E-state index contributed by atoms with van der Waals surface area (Å²) in [6, 6.07) is 10.9. The van der Waals surface area contributed by atoms with Crippen molar-refractivity contribution in [2.75, 3.05) is 4.90 Å². The van der Waals surface area contributed by atoms with Crippen LogP contribution in [-0.2, 0) is 7.05 Å². The Morgan fingerprint density at radius 3 is 2.29 bits per heavy atom. The Labute approximate surface area is 124 Å². The van der Waals surface area contributed by atoms with Gasteiger partial charge in [-0.1, -0.05) is 17.7 Å². The summed E-state index contributed by atoms with van der Waals surface area (Å²) in [5.74, 6) is -0.161. The summed E-state index contributed by atoms with van der Waals surface area (Å²) < 4.78 is 1.45. The molecule has 0 radical (unpaired) electrons. The maximum Gasteiger partial charge on any atom is 0.258 e. The number of hydrogen-bond acceptors (Lipinski definition) is 2. The van der Waals surface area contributed by atoms with Crippen LogP contribution in [0.3, 0.4) is 0 Å². The van der Waals surface area contributed by atoms with E-state index in [1.54, 1.807) is 24.2 Å². The fourth-order valence-corrected chi connectivity index (χ4v) is 2.18. The number of pyridine rings is 1. The van der Waals surface area contributed by atoms with Gasteiger partial charge in [0.15, 0.2) is 0 Å². The quantitative estimate of drug-likeness (QED) is 0.869.